The number of carbonyl (C=O) groups is 2. The van der Waals surface area contributed by atoms with E-state index in [1.165, 1.54) is 62.3 Å². The van der Waals surface area contributed by atoms with E-state index in [-0.39, 0.29) is 0 Å². The van der Waals surface area contributed by atoms with Crippen LogP contribution in [0.15, 0.2) is 29.2 Å². The van der Waals surface area contributed by atoms with E-state index < -0.39 is 11.9 Å². The van der Waals surface area contributed by atoms with Crippen LogP contribution in [0.3, 0.4) is 0 Å². The van der Waals surface area contributed by atoms with Gasteiger partial charge in [0.1, 0.15) is 0 Å². The Hall–Kier alpha value is -1.57. The fraction of sp³-hybridized carbons (Fsp3) is 0.619. The van der Waals surface area contributed by atoms with Crippen LogP contribution in [-0.2, 0) is 16.1 Å². The molecule has 3 fully saturated rings. The van der Waals surface area contributed by atoms with E-state index in [2.05, 4.69) is 40.3 Å². The van der Waals surface area contributed by atoms with Crippen LogP contribution in [0.5, 0.6) is 0 Å². The van der Waals surface area contributed by atoms with Gasteiger partial charge in [0.2, 0.25) is 0 Å². The molecule has 2 N–H and O–H groups in total. The van der Waals surface area contributed by atoms with E-state index in [9.17, 15) is 0 Å². The predicted octanol–water partition coefficient (Wildman–Crippen LogP) is 2.87. The lowest BCUT2D eigenvalue weighted by molar-refractivity contribution is -0.159. The molecule has 0 radical (unpaired) electrons. The highest BCUT2D eigenvalue weighted by molar-refractivity contribution is 7.98. The van der Waals surface area contributed by atoms with E-state index in [0.717, 1.165) is 24.4 Å². The molecule has 6 nitrogen and oxygen atoms in total. The smallest absolute Gasteiger partial charge is 0.414 e. The summed E-state index contributed by atoms with van der Waals surface area (Å²) in [6.45, 7) is 6.20. The zero-order valence-electron chi connectivity index (χ0n) is 16.4. The monoisotopic (exact) mass is 406 g/mol. The lowest BCUT2D eigenvalue weighted by Gasteiger charge is -2.41. The van der Waals surface area contributed by atoms with Gasteiger partial charge in [-0.25, -0.2) is 9.59 Å². The average Bonchev–Trinajstić information content (AvgIpc) is 3.33. The number of fused-ring (bicyclic) bond motifs is 2. The van der Waals surface area contributed by atoms with Crippen LogP contribution in [0.4, 0.5) is 0 Å². The molecule has 0 aromatic heterocycles. The SMILES string of the molecule is CSc1ccc(CN2CCN(C3CC4CCC3C4)CC2)cc1.O=C(O)C(=O)O. The maximum Gasteiger partial charge on any atom is 0.414 e. The molecular formula is C21H30N2O4S. The Bertz CT molecular complexity index is 661. The summed E-state index contributed by atoms with van der Waals surface area (Å²) in [5, 5.41) is 14.8. The minimum Gasteiger partial charge on any atom is -0.473 e. The standard InChI is InChI=1S/C19H28N2S.C2H2O4/c1-22-18-6-3-15(4-7-18)14-20-8-10-21(11-9-20)19-13-16-2-5-17(19)12-16;3-1(4)2(5)6/h3-4,6-7,16-17,19H,2,5,8-14H2,1H3;(H,3,4)(H,5,6). The summed E-state index contributed by atoms with van der Waals surface area (Å²) in [6.07, 6.45) is 8.21. The number of thioether (sulfide) groups is 1. The van der Waals surface area contributed by atoms with Gasteiger partial charge in [0.05, 0.1) is 0 Å². The Labute approximate surface area is 170 Å². The van der Waals surface area contributed by atoms with E-state index in [1.807, 2.05) is 11.8 Å². The highest BCUT2D eigenvalue weighted by Gasteiger charge is 2.42. The van der Waals surface area contributed by atoms with Crippen molar-refractivity contribution in [2.75, 3.05) is 32.4 Å². The number of carboxylic acids is 2. The first-order valence-corrected chi connectivity index (χ1v) is 11.2. The normalized spacial score (nSPS) is 27.2. The molecule has 1 saturated heterocycles. The molecule has 3 unspecified atom stereocenters. The summed E-state index contributed by atoms with van der Waals surface area (Å²) in [5.74, 6) is -1.54. The van der Waals surface area contributed by atoms with Crippen molar-refractivity contribution in [1.82, 2.24) is 9.80 Å². The van der Waals surface area contributed by atoms with Crippen LogP contribution in [0.25, 0.3) is 0 Å². The quantitative estimate of drug-likeness (QED) is 0.588. The van der Waals surface area contributed by atoms with Crippen LogP contribution >= 0.6 is 11.8 Å². The van der Waals surface area contributed by atoms with Crippen LogP contribution in [0.1, 0.15) is 31.2 Å². The zero-order valence-corrected chi connectivity index (χ0v) is 17.2. The van der Waals surface area contributed by atoms with Crippen LogP contribution in [-0.4, -0.2) is 70.4 Å². The van der Waals surface area contributed by atoms with Crippen LogP contribution < -0.4 is 0 Å². The van der Waals surface area contributed by atoms with Crippen molar-refractivity contribution in [3.8, 4) is 0 Å². The molecule has 4 rings (SSSR count). The van der Waals surface area contributed by atoms with E-state index >= 15 is 0 Å². The van der Waals surface area contributed by atoms with Gasteiger partial charge >= 0.3 is 11.9 Å². The van der Waals surface area contributed by atoms with Crippen molar-refractivity contribution < 1.29 is 19.8 Å². The molecule has 1 aromatic rings. The van der Waals surface area contributed by atoms with Gasteiger partial charge in [0, 0.05) is 43.7 Å². The number of rotatable bonds is 4. The van der Waals surface area contributed by atoms with Crippen molar-refractivity contribution in [3.63, 3.8) is 0 Å². The Morgan fingerprint density at radius 2 is 1.64 bits per heavy atom. The van der Waals surface area contributed by atoms with Gasteiger partial charge in [-0.15, -0.1) is 11.8 Å². The fourth-order valence-corrected chi connectivity index (χ4v) is 5.31. The Kier molecular flexibility index (Phi) is 7.37. The van der Waals surface area contributed by atoms with Crippen molar-refractivity contribution in [1.29, 1.82) is 0 Å². The van der Waals surface area contributed by atoms with Crippen molar-refractivity contribution in [3.05, 3.63) is 29.8 Å². The number of benzene rings is 1. The molecule has 1 heterocycles. The zero-order chi connectivity index (χ0) is 20.1. The van der Waals surface area contributed by atoms with Gasteiger partial charge in [-0.3, -0.25) is 9.80 Å². The molecule has 2 saturated carbocycles. The minimum absolute atomic E-state index is 0.932. The fourth-order valence-electron chi connectivity index (χ4n) is 4.90. The maximum atomic E-state index is 9.10. The molecule has 0 amide bonds. The molecule has 28 heavy (non-hydrogen) atoms. The first kappa shape index (κ1) is 21.1. The third-order valence-corrected chi connectivity index (χ3v) is 7.07. The van der Waals surface area contributed by atoms with Crippen LogP contribution in [0, 0.1) is 11.8 Å². The first-order chi connectivity index (χ1) is 13.5. The topological polar surface area (TPSA) is 81.1 Å². The first-order valence-electron chi connectivity index (χ1n) is 10.0. The van der Waals surface area contributed by atoms with Crippen LogP contribution in [0.2, 0.25) is 0 Å². The lowest BCUT2D eigenvalue weighted by Crippen LogP contribution is -2.51. The van der Waals surface area contributed by atoms with Gasteiger partial charge in [-0.1, -0.05) is 18.6 Å². The molecule has 2 bridgehead atoms. The Morgan fingerprint density at radius 1 is 1.00 bits per heavy atom. The highest BCUT2D eigenvalue weighted by Crippen LogP contribution is 2.46. The van der Waals surface area contributed by atoms with Gasteiger partial charge in [-0.05, 0) is 55.1 Å². The number of nitrogens with zero attached hydrogens (tertiary/aromatic N) is 2. The molecule has 7 heteroatoms. The number of hydrogen-bond acceptors (Lipinski definition) is 5. The largest absolute Gasteiger partial charge is 0.473 e. The van der Waals surface area contributed by atoms with Gasteiger partial charge < -0.3 is 10.2 Å². The summed E-state index contributed by atoms with van der Waals surface area (Å²) in [5.41, 5.74) is 1.46. The molecule has 1 aromatic carbocycles. The lowest BCUT2D eigenvalue weighted by atomic mass is 9.93. The molecule has 154 valence electrons. The van der Waals surface area contributed by atoms with Gasteiger partial charge in [0.25, 0.3) is 0 Å². The number of carboxylic acid groups (broad SMARTS) is 2. The Balaban J connectivity index is 0.000000330. The summed E-state index contributed by atoms with van der Waals surface area (Å²) in [4.78, 5) is 25.0. The molecule has 2 aliphatic carbocycles. The van der Waals surface area contributed by atoms with Gasteiger partial charge in [-0.2, -0.15) is 0 Å². The minimum atomic E-state index is -1.82. The second-order valence-corrected chi connectivity index (χ2v) is 8.89. The van der Waals surface area contributed by atoms with Crippen molar-refractivity contribution in [2.24, 2.45) is 11.8 Å². The highest BCUT2D eigenvalue weighted by atomic mass is 32.2. The summed E-state index contributed by atoms with van der Waals surface area (Å²) in [6, 6.07) is 10.0. The number of aliphatic carboxylic acids is 2. The van der Waals surface area contributed by atoms with Gasteiger partial charge in [0.15, 0.2) is 0 Å². The second kappa shape index (κ2) is 9.76. The third kappa shape index (κ3) is 5.49. The second-order valence-electron chi connectivity index (χ2n) is 8.01. The molecule has 0 spiro atoms. The van der Waals surface area contributed by atoms with Crippen molar-refractivity contribution in [2.45, 2.75) is 43.2 Å². The van der Waals surface area contributed by atoms with E-state index in [1.54, 1.807) is 0 Å². The summed E-state index contributed by atoms with van der Waals surface area (Å²) >= 11 is 1.82. The third-order valence-electron chi connectivity index (χ3n) is 6.32. The number of hydrogen-bond donors (Lipinski definition) is 2. The predicted molar refractivity (Wildman–Crippen MR) is 110 cm³/mol. The number of piperazine rings is 1. The van der Waals surface area contributed by atoms with Crippen molar-refractivity contribution >= 4 is 23.7 Å². The summed E-state index contributed by atoms with van der Waals surface area (Å²) < 4.78 is 0. The molecule has 3 atom stereocenters. The average molecular weight is 407 g/mol. The van der Waals surface area contributed by atoms with E-state index in [0.29, 0.717) is 0 Å². The maximum absolute atomic E-state index is 9.10. The Morgan fingerprint density at radius 3 is 2.11 bits per heavy atom. The van der Waals surface area contributed by atoms with E-state index in [4.69, 9.17) is 19.8 Å². The molecule has 3 aliphatic rings. The molecular weight excluding hydrogens is 376 g/mol. The molecule has 1 aliphatic heterocycles. The summed E-state index contributed by atoms with van der Waals surface area (Å²) in [7, 11) is 0.